The van der Waals surface area contributed by atoms with E-state index >= 15 is 0 Å². The van der Waals surface area contributed by atoms with Crippen molar-refractivity contribution < 1.29 is 4.79 Å². The molecule has 0 bridgehead atoms. The number of carbonyl (C=O) groups excluding carboxylic acids is 1. The lowest BCUT2D eigenvalue weighted by atomic mass is 9.87. The SMILES string of the molecule is CC(CCCl)CNC(=O)C1CCCc2sccc21. The topological polar surface area (TPSA) is 29.1 Å². The van der Waals surface area contributed by atoms with E-state index in [-0.39, 0.29) is 11.8 Å². The molecule has 0 radical (unpaired) electrons. The van der Waals surface area contributed by atoms with Crippen molar-refractivity contribution in [3.63, 3.8) is 0 Å². The second-order valence-corrected chi connectivity index (χ2v) is 6.45. The molecule has 2 unspecified atom stereocenters. The number of nitrogens with one attached hydrogen (secondary N) is 1. The van der Waals surface area contributed by atoms with Gasteiger partial charge in [-0.1, -0.05) is 6.92 Å². The Balaban J connectivity index is 1.91. The summed E-state index contributed by atoms with van der Waals surface area (Å²) in [5.74, 6) is 1.38. The predicted octanol–water partition coefficient (Wildman–Crippen LogP) is 3.55. The Morgan fingerprint density at radius 2 is 2.50 bits per heavy atom. The van der Waals surface area contributed by atoms with Gasteiger partial charge in [-0.2, -0.15) is 0 Å². The maximum Gasteiger partial charge on any atom is 0.227 e. The number of amides is 1. The zero-order valence-electron chi connectivity index (χ0n) is 10.7. The van der Waals surface area contributed by atoms with Crippen molar-refractivity contribution in [1.29, 1.82) is 0 Å². The molecule has 2 atom stereocenters. The molecule has 4 heteroatoms. The molecule has 2 rings (SSSR count). The molecule has 1 aliphatic carbocycles. The summed E-state index contributed by atoms with van der Waals surface area (Å²) in [7, 11) is 0. The van der Waals surface area contributed by atoms with Gasteiger partial charge in [0.15, 0.2) is 0 Å². The predicted molar refractivity (Wildman–Crippen MR) is 77.5 cm³/mol. The van der Waals surface area contributed by atoms with Crippen LogP contribution in [-0.4, -0.2) is 18.3 Å². The minimum Gasteiger partial charge on any atom is -0.355 e. The minimum absolute atomic E-state index is 0.0724. The highest BCUT2D eigenvalue weighted by atomic mass is 35.5. The Morgan fingerprint density at radius 1 is 1.67 bits per heavy atom. The normalized spacial score (nSPS) is 20.2. The summed E-state index contributed by atoms with van der Waals surface area (Å²) in [4.78, 5) is 13.6. The van der Waals surface area contributed by atoms with Crippen molar-refractivity contribution in [1.82, 2.24) is 5.32 Å². The van der Waals surface area contributed by atoms with Crippen LogP contribution in [0.3, 0.4) is 0 Å². The summed E-state index contributed by atoms with van der Waals surface area (Å²) in [6.07, 6.45) is 4.21. The molecule has 0 aliphatic heterocycles. The van der Waals surface area contributed by atoms with Crippen molar-refractivity contribution in [2.75, 3.05) is 12.4 Å². The van der Waals surface area contributed by atoms with E-state index in [1.165, 1.54) is 10.4 Å². The van der Waals surface area contributed by atoms with Crippen molar-refractivity contribution in [3.05, 3.63) is 21.9 Å². The molecule has 0 saturated heterocycles. The molecule has 1 amide bonds. The van der Waals surface area contributed by atoms with E-state index in [0.717, 1.165) is 32.2 Å². The summed E-state index contributed by atoms with van der Waals surface area (Å²) in [5.41, 5.74) is 1.26. The third kappa shape index (κ3) is 3.27. The number of thiophene rings is 1. The highest BCUT2D eigenvalue weighted by molar-refractivity contribution is 7.10. The lowest BCUT2D eigenvalue weighted by Crippen LogP contribution is -2.34. The lowest BCUT2D eigenvalue weighted by Gasteiger charge is -2.22. The Bertz CT molecular complexity index is 404. The molecule has 1 heterocycles. The fourth-order valence-electron chi connectivity index (χ4n) is 2.45. The van der Waals surface area contributed by atoms with Gasteiger partial charge in [-0.3, -0.25) is 4.79 Å². The van der Waals surface area contributed by atoms with Gasteiger partial charge in [-0.05, 0) is 48.6 Å². The summed E-state index contributed by atoms with van der Waals surface area (Å²) < 4.78 is 0. The van der Waals surface area contributed by atoms with E-state index in [0.29, 0.717) is 11.8 Å². The van der Waals surface area contributed by atoms with Gasteiger partial charge in [0.2, 0.25) is 5.91 Å². The Kier molecular flexibility index (Phi) is 5.07. The number of halogens is 1. The Labute approximate surface area is 118 Å². The fraction of sp³-hybridized carbons (Fsp3) is 0.643. The maximum absolute atomic E-state index is 12.2. The van der Waals surface area contributed by atoms with E-state index in [9.17, 15) is 4.79 Å². The molecular formula is C14H20ClNOS. The van der Waals surface area contributed by atoms with Gasteiger partial charge in [0.1, 0.15) is 0 Å². The number of carbonyl (C=O) groups is 1. The van der Waals surface area contributed by atoms with Gasteiger partial charge < -0.3 is 5.32 Å². The van der Waals surface area contributed by atoms with Gasteiger partial charge in [0.25, 0.3) is 0 Å². The second-order valence-electron chi connectivity index (χ2n) is 5.07. The number of rotatable bonds is 5. The average Bonchev–Trinajstić information content (AvgIpc) is 2.84. The number of hydrogen-bond donors (Lipinski definition) is 1. The van der Waals surface area contributed by atoms with E-state index in [1.807, 2.05) is 0 Å². The first-order valence-corrected chi connectivity index (χ1v) is 8.03. The monoisotopic (exact) mass is 285 g/mol. The summed E-state index contributed by atoms with van der Waals surface area (Å²) >= 11 is 7.48. The van der Waals surface area contributed by atoms with Crippen LogP contribution in [0.15, 0.2) is 11.4 Å². The van der Waals surface area contributed by atoms with Crippen molar-refractivity contribution >= 4 is 28.8 Å². The third-order valence-corrected chi connectivity index (χ3v) is 4.81. The highest BCUT2D eigenvalue weighted by Crippen LogP contribution is 2.34. The first kappa shape index (κ1) is 13.9. The van der Waals surface area contributed by atoms with Crippen LogP contribution < -0.4 is 5.32 Å². The number of fused-ring (bicyclic) bond motifs is 1. The van der Waals surface area contributed by atoms with E-state index in [2.05, 4.69) is 23.7 Å². The van der Waals surface area contributed by atoms with Gasteiger partial charge in [0.05, 0.1) is 5.92 Å². The molecule has 1 aromatic rings. The number of hydrogen-bond acceptors (Lipinski definition) is 2. The standard InChI is InChI=1S/C14H20ClNOS/c1-10(5-7-15)9-16-14(17)12-3-2-4-13-11(12)6-8-18-13/h6,8,10,12H,2-5,7,9H2,1H3,(H,16,17). The molecule has 2 nitrogen and oxygen atoms in total. The molecule has 0 aromatic carbocycles. The Hall–Kier alpha value is -0.540. The van der Waals surface area contributed by atoms with Crippen LogP contribution in [0.25, 0.3) is 0 Å². The Morgan fingerprint density at radius 3 is 3.28 bits per heavy atom. The van der Waals surface area contributed by atoms with Crippen LogP contribution in [-0.2, 0) is 11.2 Å². The van der Waals surface area contributed by atoms with Crippen LogP contribution in [0, 0.1) is 5.92 Å². The van der Waals surface area contributed by atoms with Crippen LogP contribution >= 0.6 is 22.9 Å². The van der Waals surface area contributed by atoms with Gasteiger partial charge in [-0.25, -0.2) is 0 Å². The van der Waals surface area contributed by atoms with Crippen LogP contribution in [0.1, 0.15) is 42.5 Å². The molecule has 0 spiro atoms. The average molecular weight is 286 g/mol. The van der Waals surface area contributed by atoms with Gasteiger partial charge in [-0.15, -0.1) is 22.9 Å². The lowest BCUT2D eigenvalue weighted by molar-refractivity contribution is -0.123. The van der Waals surface area contributed by atoms with Crippen molar-refractivity contribution in [2.24, 2.45) is 5.92 Å². The first-order chi connectivity index (χ1) is 8.72. The molecule has 0 saturated carbocycles. The number of alkyl halides is 1. The minimum atomic E-state index is 0.0724. The summed E-state index contributed by atoms with van der Waals surface area (Å²) in [5, 5.41) is 5.18. The largest absolute Gasteiger partial charge is 0.355 e. The summed E-state index contributed by atoms with van der Waals surface area (Å²) in [6, 6.07) is 2.12. The smallest absolute Gasteiger partial charge is 0.227 e. The second kappa shape index (κ2) is 6.58. The zero-order valence-corrected chi connectivity index (χ0v) is 12.3. The molecule has 0 fully saturated rings. The third-order valence-electron chi connectivity index (χ3n) is 3.60. The highest BCUT2D eigenvalue weighted by Gasteiger charge is 2.27. The molecule has 100 valence electrons. The quantitative estimate of drug-likeness (QED) is 0.824. The maximum atomic E-state index is 12.2. The molecule has 1 aliphatic rings. The first-order valence-electron chi connectivity index (χ1n) is 6.62. The summed E-state index contributed by atoms with van der Waals surface area (Å²) in [6.45, 7) is 2.86. The van der Waals surface area contributed by atoms with E-state index in [1.54, 1.807) is 11.3 Å². The fourth-order valence-corrected chi connectivity index (χ4v) is 3.81. The zero-order chi connectivity index (χ0) is 13.0. The molecular weight excluding hydrogens is 266 g/mol. The molecule has 1 N–H and O–H groups in total. The number of aryl methyl sites for hydroxylation is 1. The van der Waals surface area contributed by atoms with Crippen molar-refractivity contribution in [3.8, 4) is 0 Å². The van der Waals surface area contributed by atoms with Crippen LogP contribution in [0.2, 0.25) is 0 Å². The van der Waals surface area contributed by atoms with Crippen molar-refractivity contribution in [2.45, 2.75) is 38.5 Å². The van der Waals surface area contributed by atoms with Gasteiger partial charge >= 0.3 is 0 Å². The molecule has 18 heavy (non-hydrogen) atoms. The molecule has 1 aromatic heterocycles. The van der Waals surface area contributed by atoms with E-state index in [4.69, 9.17) is 11.6 Å². The van der Waals surface area contributed by atoms with E-state index < -0.39 is 0 Å². The van der Waals surface area contributed by atoms with Gasteiger partial charge in [0, 0.05) is 17.3 Å². The van der Waals surface area contributed by atoms with Crippen LogP contribution in [0.5, 0.6) is 0 Å². The van der Waals surface area contributed by atoms with Crippen LogP contribution in [0.4, 0.5) is 0 Å².